The second-order valence-corrected chi connectivity index (χ2v) is 3.09. The zero-order valence-corrected chi connectivity index (χ0v) is 7.23. The van der Waals surface area contributed by atoms with Crippen molar-refractivity contribution < 1.29 is 0 Å². The van der Waals surface area contributed by atoms with Crippen LogP contribution in [0.2, 0.25) is 0 Å². The Hall–Kier alpha value is -1.38. The molecule has 0 bridgehead atoms. The monoisotopic (exact) mass is 161 g/mol. The second kappa shape index (κ2) is 2.59. The van der Waals surface area contributed by atoms with E-state index in [0.29, 0.717) is 6.04 Å². The van der Waals surface area contributed by atoms with Crippen LogP contribution in [0.15, 0.2) is 24.5 Å². The minimum Gasteiger partial charge on any atom is -0.261 e. The first-order chi connectivity index (χ1) is 5.79. The molecule has 0 saturated carbocycles. The molecule has 0 radical (unpaired) electrons. The van der Waals surface area contributed by atoms with Crippen LogP contribution in [0, 0.1) is 0 Å². The van der Waals surface area contributed by atoms with Gasteiger partial charge < -0.3 is 0 Å². The third-order valence-electron chi connectivity index (χ3n) is 1.86. The van der Waals surface area contributed by atoms with Gasteiger partial charge >= 0.3 is 0 Å². The van der Waals surface area contributed by atoms with Crippen LogP contribution < -0.4 is 0 Å². The van der Waals surface area contributed by atoms with Crippen molar-refractivity contribution in [3.05, 3.63) is 24.5 Å². The Morgan fingerprint density at radius 3 is 3.00 bits per heavy atom. The summed E-state index contributed by atoms with van der Waals surface area (Å²) in [4.78, 5) is 4.20. The van der Waals surface area contributed by atoms with Gasteiger partial charge in [-0.3, -0.25) is 9.67 Å². The van der Waals surface area contributed by atoms with E-state index in [4.69, 9.17) is 0 Å². The molecular weight excluding hydrogens is 150 g/mol. The first kappa shape index (κ1) is 7.28. The Morgan fingerprint density at radius 1 is 1.42 bits per heavy atom. The van der Waals surface area contributed by atoms with E-state index in [1.165, 1.54) is 0 Å². The van der Waals surface area contributed by atoms with Crippen LogP contribution in [0.3, 0.4) is 0 Å². The van der Waals surface area contributed by atoms with Gasteiger partial charge in [0.25, 0.3) is 0 Å². The van der Waals surface area contributed by atoms with E-state index in [2.05, 4.69) is 23.9 Å². The lowest BCUT2D eigenvalue weighted by Crippen LogP contribution is -2.01. The summed E-state index contributed by atoms with van der Waals surface area (Å²) < 4.78 is 1.97. The zero-order chi connectivity index (χ0) is 8.55. The number of rotatable bonds is 1. The Labute approximate surface area is 71.0 Å². The number of hydrogen-bond donors (Lipinski definition) is 0. The number of fused-ring (bicyclic) bond motifs is 1. The van der Waals surface area contributed by atoms with E-state index in [0.717, 1.165) is 11.0 Å². The van der Waals surface area contributed by atoms with Gasteiger partial charge in [0.15, 0.2) is 0 Å². The summed E-state index contributed by atoms with van der Waals surface area (Å²) >= 11 is 0. The zero-order valence-electron chi connectivity index (χ0n) is 7.23. The van der Waals surface area contributed by atoms with Crippen LogP contribution in [-0.2, 0) is 0 Å². The highest BCUT2D eigenvalue weighted by molar-refractivity contribution is 5.73. The lowest BCUT2D eigenvalue weighted by molar-refractivity contribution is 0.551. The average Bonchev–Trinajstić information content (AvgIpc) is 2.47. The van der Waals surface area contributed by atoms with Crippen molar-refractivity contribution in [2.45, 2.75) is 19.9 Å². The maximum absolute atomic E-state index is 4.25. The van der Waals surface area contributed by atoms with Gasteiger partial charge in [-0.25, -0.2) is 0 Å². The first-order valence-electron chi connectivity index (χ1n) is 4.07. The fourth-order valence-electron chi connectivity index (χ4n) is 1.29. The lowest BCUT2D eigenvalue weighted by atomic mass is 10.3. The summed E-state index contributed by atoms with van der Waals surface area (Å²) in [5, 5.41) is 4.25. The summed E-state index contributed by atoms with van der Waals surface area (Å²) in [6.07, 6.45) is 3.59. The number of hydrogen-bond acceptors (Lipinski definition) is 2. The summed E-state index contributed by atoms with van der Waals surface area (Å²) in [7, 11) is 0. The van der Waals surface area contributed by atoms with Crippen molar-refractivity contribution in [3.8, 4) is 0 Å². The van der Waals surface area contributed by atoms with Crippen LogP contribution >= 0.6 is 0 Å². The molecule has 0 spiro atoms. The third-order valence-corrected chi connectivity index (χ3v) is 1.86. The predicted octanol–water partition coefficient (Wildman–Crippen LogP) is 2.01. The molecule has 0 unspecified atom stereocenters. The molecule has 0 amide bonds. The van der Waals surface area contributed by atoms with Crippen molar-refractivity contribution in [3.63, 3.8) is 0 Å². The summed E-state index contributed by atoms with van der Waals surface area (Å²) in [5.74, 6) is 0. The molecule has 0 atom stereocenters. The molecular formula is C9H11N3. The molecule has 0 aliphatic heterocycles. The summed E-state index contributed by atoms with van der Waals surface area (Å²) in [6.45, 7) is 4.22. The van der Waals surface area contributed by atoms with Crippen molar-refractivity contribution in [2.24, 2.45) is 0 Å². The van der Waals surface area contributed by atoms with Gasteiger partial charge in [0.1, 0.15) is 5.52 Å². The molecule has 2 aromatic rings. The van der Waals surface area contributed by atoms with Gasteiger partial charge in [-0.2, -0.15) is 5.10 Å². The van der Waals surface area contributed by atoms with Crippen molar-refractivity contribution >= 4 is 11.0 Å². The Balaban J connectivity index is 2.70. The number of aromatic nitrogens is 3. The van der Waals surface area contributed by atoms with E-state index < -0.39 is 0 Å². The van der Waals surface area contributed by atoms with Crippen LogP contribution in [0.1, 0.15) is 19.9 Å². The molecule has 2 aromatic heterocycles. The van der Waals surface area contributed by atoms with Crippen LogP contribution in [-0.4, -0.2) is 14.8 Å². The quantitative estimate of drug-likeness (QED) is 0.640. The topological polar surface area (TPSA) is 30.7 Å². The van der Waals surface area contributed by atoms with E-state index in [1.54, 1.807) is 12.4 Å². The molecule has 0 fully saturated rings. The fraction of sp³-hybridized carbons (Fsp3) is 0.333. The van der Waals surface area contributed by atoms with E-state index >= 15 is 0 Å². The Kier molecular flexibility index (Phi) is 1.57. The molecule has 2 rings (SSSR count). The van der Waals surface area contributed by atoms with Gasteiger partial charge in [-0.05, 0) is 26.0 Å². The maximum atomic E-state index is 4.25. The molecule has 0 N–H and O–H groups in total. The molecule has 62 valence electrons. The van der Waals surface area contributed by atoms with Crippen LogP contribution in [0.4, 0.5) is 0 Å². The summed E-state index contributed by atoms with van der Waals surface area (Å²) in [5.41, 5.74) is 2.07. The molecule has 0 aliphatic rings. The molecule has 12 heavy (non-hydrogen) atoms. The highest BCUT2D eigenvalue weighted by atomic mass is 15.3. The minimum atomic E-state index is 0.395. The lowest BCUT2D eigenvalue weighted by Gasteiger charge is -2.05. The second-order valence-electron chi connectivity index (χ2n) is 3.09. The van der Waals surface area contributed by atoms with Crippen LogP contribution in [0.25, 0.3) is 11.0 Å². The molecule has 0 aliphatic carbocycles. The predicted molar refractivity (Wildman–Crippen MR) is 47.9 cm³/mol. The van der Waals surface area contributed by atoms with E-state index in [-0.39, 0.29) is 0 Å². The minimum absolute atomic E-state index is 0.395. The molecule has 3 heteroatoms. The smallest absolute Gasteiger partial charge is 0.108 e. The summed E-state index contributed by atoms with van der Waals surface area (Å²) in [6, 6.07) is 4.37. The van der Waals surface area contributed by atoms with Gasteiger partial charge in [0, 0.05) is 12.2 Å². The van der Waals surface area contributed by atoms with E-state index in [1.807, 2.05) is 16.8 Å². The average molecular weight is 161 g/mol. The third kappa shape index (κ3) is 0.978. The van der Waals surface area contributed by atoms with Gasteiger partial charge in [0.2, 0.25) is 0 Å². The normalized spacial score (nSPS) is 11.2. The number of pyridine rings is 1. The van der Waals surface area contributed by atoms with Gasteiger partial charge in [0.05, 0.1) is 11.7 Å². The SMILES string of the molecule is CC(C)n1ncc2ncccc21. The largest absolute Gasteiger partial charge is 0.261 e. The molecule has 3 nitrogen and oxygen atoms in total. The first-order valence-corrected chi connectivity index (χ1v) is 4.07. The number of nitrogens with zero attached hydrogens (tertiary/aromatic N) is 3. The van der Waals surface area contributed by atoms with Gasteiger partial charge in [-0.1, -0.05) is 0 Å². The fourth-order valence-corrected chi connectivity index (χ4v) is 1.29. The van der Waals surface area contributed by atoms with Crippen LogP contribution in [0.5, 0.6) is 0 Å². The highest BCUT2D eigenvalue weighted by Gasteiger charge is 2.04. The molecule has 0 saturated heterocycles. The standard InChI is InChI=1S/C9H11N3/c1-7(2)12-9-4-3-5-10-8(9)6-11-12/h3-7H,1-2H3. The van der Waals surface area contributed by atoms with Crippen molar-refractivity contribution in [2.75, 3.05) is 0 Å². The Bertz CT molecular complexity index is 389. The highest BCUT2D eigenvalue weighted by Crippen LogP contribution is 2.14. The Morgan fingerprint density at radius 2 is 2.25 bits per heavy atom. The van der Waals surface area contributed by atoms with Crippen molar-refractivity contribution in [1.82, 2.24) is 14.8 Å². The van der Waals surface area contributed by atoms with Gasteiger partial charge in [-0.15, -0.1) is 0 Å². The molecule has 2 heterocycles. The van der Waals surface area contributed by atoms with E-state index in [9.17, 15) is 0 Å². The maximum Gasteiger partial charge on any atom is 0.108 e. The van der Waals surface area contributed by atoms with Crippen molar-refractivity contribution in [1.29, 1.82) is 0 Å². The molecule has 0 aromatic carbocycles.